The molecule has 5 nitrogen and oxygen atoms in total. The highest BCUT2D eigenvalue weighted by Crippen LogP contribution is 2.18. The quantitative estimate of drug-likeness (QED) is 0.604. The fraction of sp³-hybridized carbons (Fsp3) is 0.909. The Morgan fingerprint density at radius 2 is 1.62 bits per heavy atom. The first kappa shape index (κ1) is 11.8. The maximum atomic E-state index is 12.2. The van der Waals surface area contributed by atoms with Crippen LogP contribution in [0.3, 0.4) is 0 Å². The molecule has 1 amide bonds. The summed E-state index contributed by atoms with van der Waals surface area (Å²) in [4.78, 5) is 16.5. The van der Waals surface area contributed by atoms with Crippen LogP contribution in [0.2, 0.25) is 0 Å². The highest BCUT2D eigenvalue weighted by Gasteiger charge is 2.28. The van der Waals surface area contributed by atoms with Crippen LogP contribution in [0.25, 0.3) is 0 Å². The summed E-state index contributed by atoms with van der Waals surface area (Å²) in [6.07, 6.45) is 1.84. The Kier molecular flexibility index (Phi) is 3.78. The first-order valence-corrected chi connectivity index (χ1v) is 6.14. The standard InChI is InChI=1S/C11H22N4O/c1-13-6-8-14(9-7-13)11(16)10-2-4-15(12)5-3-10/h10H,2-9,12H2,1H3. The molecule has 2 heterocycles. The minimum absolute atomic E-state index is 0.211. The third-order valence-electron chi connectivity index (χ3n) is 3.69. The Labute approximate surface area is 97.1 Å². The lowest BCUT2D eigenvalue weighted by atomic mass is 9.96. The number of hydrogen-bond acceptors (Lipinski definition) is 4. The second-order valence-electron chi connectivity index (χ2n) is 4.94. The summed E-state index contributed by atoms with van der Waals surface area (Å²) >= 11 is 0. The fourth-order valence-electron chi connectivity index (χ4n) is 2.43. The van der Waals surface area contributed by atoms with Gasteiger partial charge >= 0.3 is 0 Å². The first-order valence-electron chi connectivity index (χ1n) is 6.14. The SMILES string of the molecule is CN1CCN(C(=O)C2CCN(N)CC2)CC1. The van der Waals surface area contributed by atoms with E-state index in [-0.39, 0.29) is 5.92 Å². The molecule has 0 saturated carbocycles. The van der Waals surface area contributed by atoms with Crippen molar-refractivity contribution < 1.29 is 4.79 Å². The first-order chi connectivity index (χ1) is 7.66. The van der Waals surface area contributed by atoms with Gasteiger partial charge in [0.15, 0.2) is 0 Å². The number of amides is 1. The Bertz CT molecular complexity index is 218. The van der Waals surface area contributed by atoms with Gasteiger partial charge in [0.25, 0.3) is 0 Å². The van der Waals surface area contributed by atoms with Crippen molar-refractivity contribution in [2.24, 2.45) is 11.8 Å². The van der Waals surface area contributed by atoms with E-state index in [2.05, 4.69) is 11.9 Å². The summed E-state index contributed by atoms with van der Waals surface area (Å²) in [6.45, 7) is 5.48. The lowest BCUT2D eigenvalue weighted by molar-refractivity contribution is -0.138. The molecule has 16 heavy (non-hydrogen) atoms. The number of piperidine rings is 1. The second kappa shape index (κ2) is 5.12. The number of hydrazine groups is 1. The van der Waals surface area contributed by atoms with Gasteiger partial charge in [-0.15, -0.1) is 0 Å². The number of carbonyl (C=O) groups excluding carboxylic acids is 1. The molecular formula is C11H22N4O. The van der Waals surface area contributed by atoms with Gasteiger partial charge < -0.3 is 9.80 Å². The van der Waals surface area contributed by atoms with Gasteiger partial charge in [-0.1, -0.05) is 0 Å². The zero-order valence-corrected chi connectivity index (χ0v) is 10.1. The molecule has 0 aromatic heterocycles. The molecule has 0 bridgehead atoms. The molecule has 2 rings (SSSR count). The van der Waals surface area contributed by atoms with E-state index in [0.29, 0.717) is 5.91 Å². The molecule has 0 atom stereocenters. The van der Waals surface area contributed by atoms with Gasteiger partial charge in [0.1, 0.15) is 0 Å². The molecule has 92 valence electrons. The summed E-state index contributed by atoms with van der Waals surface area (Å²) in [5.74, 6) is 6.26. The number of hydrogen-bond donors (Lipinski definition) is 1. The van der Waals surface area contributed by atoms with E-state index in [0.717, 1.165) is 52.1 Å². The van der Waals surface area contributed by atoms with Gasteiger partial charge in [-0.2, -0.15) is 0 Å². The number of rotatable bonds is 1. The third-order valence-corrected chi connectivity index (χ3v) is 3.69. The van der Waals surface area contributed by atoms with Gasteiger partial charge in [0.05, 0.1) is 0 Å². The maximum Gasteiger partial charge on any atom is 0.225 e. The zero-order valence-electron chi connectivity index (χ0n) is 10.1. The van der Waals surface area contributed by atoms with Gasteiger partial charge in [-0.05, 0) is 19.9 Å². The summed E-state index contributed by atoms with van der Waals surface area (Å²) < 4.78 is 0. The minimum atomic E-state index is 0.211. The monoisotopic (exact) mass is 226 g/mol. The van der Waals surface area contributed by atoms with Crippen molar-refractivity contribution in [1.29, 1.82) is 0 Å². The van der Waals surface area contributed by atoms with Crippen molar-refractivity contribution >= 4 is 5.91 Å². The smallest absolute Gasteiger partial charge is 0.225 e. The van der Waals surface area contributed by atoms with Gasteiger partial charge in [0, 0.05) is 45.2 Å². The van der Waals surface area contributed by atoms with Crippen molar-refractivity contribution in [3.8, 4) is 0 Å². The van der Waals surface area contributed by atoms with Crippen LogP contribution < -0.4 is 5.84 Å². The van der Waals surface area contributed by atoms with Crippen LogP contribution in [-0.4, -0.2) is 67.0 Å². The summed E-state index contributed by atoms with van der Waals surface area (Å²) in [5.41, 5.74) is 0. The van der Waals surface area contributed by atoms with Crippen molar-refractivity contribution in [1.82, 2.24) is 14.8 Å². The van der Waals surface area contributed by atoms with E-state index in [1.807, 2.05) is 9.91 Å². The van der Waals surface area contributed by atoms with E-state index in [9.17, 15) is 4.79 Å². The Hall–Kier alpha value is -0.650. The molecular weight excluding hydrogens is 204 g/mol. The number of piperazine rings is 1. The van der Waals surface area contributed by atoms with Gasteiger partial charge in [0.2, 0.25) is 5.91 Å². The highest BCUT2D eigenvalue weighted by atomic mass is 16.2. The Morgan fingerprint density at radius 1 is 1.06 bits per heavy atom. The number of likely N-dealkylation sites (N-methyl/N-ethyl adjacent to an activating group) is 1. The molecule has 5 heteroatoms. The van der Waals surface area contributed by atoms with Gasteiger partial charge in [-0.3, -0.25) is 10.6 Å². The second-order valence-corrected chi connectivity index (χ2v) is 4.94. The normalized spacial score (nSPS) is 26.0. The van der Waals surface area contributed by atoms with Crippen LogP contribution in [0, 0.1) is 5.92 Å². The average Bonchev–Trinajstić information content (AvgIpc) is 2.30. The van der Waals surface area contributed by atoms with Crippen LogP contribution in [0.15, 0.2) is 0 Å². The Morgan fingerprint density at radius 3 is 2.19 bits per heavy atom. The van der Waals surface area contributed by atoms with Gasteiger partial charge in [-0.25, -0.2) is 5.01 Å². The molecule has 0 aromatic carbocycles. The van der Waals surface area contributed by atoms with Crippen molar-refractivity contribution in [3.05, 3.63) is 0 Å². The highest BCUT2D eigenvalue weighted by molar-refractivity contribution is 5.79. The maximum absolute atomic E-state index is 12.2. The van der Waals surface area contributed by atoms with Crippen LogP contribution in [0.1, 0.15) is 12.8 Å². The van der Waals surface area contributed by atoms with Crippen molar-refractivity contribution in [2.75, 3.05) is 46.3 Å². The minimum Gasteiger partial charge on any atom is -0.340 e. The molecule has 0 radical (unpaired) electrons. The fourth-order valence-corrected chi connectivity index (χ4v) is 2.43. The van der Waals surface area contributed by atoms with E-state index < -0.39 is 0 Å². The molecule has 2 fully saturated rings. The molecule has 0 unspecified atom stereocenters. The number of nitrogens with two attached hydrogens (primary N) is 1. The molecule has 0 aromatic rings. The number of carbonyl (C=O) groups is 1. The van der Waals surface area contributed by atoms with E-state index in [1.54, 1.807) is 0 Å². The van der Waals surface area contributed by atoms with Crippen LogP contribution in [0.5, 0.6) is 0 Å². The molecule has 0 spiro atoms. The summed E-state index contributed by atoms with van der Waals surface area (Å²) in [6, 6.07) is 0. The average molecular weight is 226 g/mol. The van der Waals surface area contributed by atoms with E-state index in [4.69, 9.17) is 5.84 Å². The largest absolute Gasteiger partial charge is 0.340 e. The molecule has 2 aliphatic rings. The zero-order chi connectivity index (χ0) is 11.5. The molecule has 2 aliphatic heterocycles. The van der Waals surface area contributed by atoms with Crippen LogP contribution >= 0.6 is 0 Å². The molecule has 0 aliphatic carbocycles. The summed E-state index contributed by atoms with van der Waals surface area (Å²) in [5, 5.41) is 1.81. The van der Waals surface area contributed by atoms with Crippen molar-refractivity contribution in [2.45, 2.75) is 12.8 Å². The lowest BCUT2D eigenvalue weighted by Crippen LogP contribution is -2.51. The predicted octanol–water partition coefficient (Wildman–Crippen LogP) is -0.654. The van der Waals surface area contributed by atoms with E-state index >= 15 is 0 Å². The van der Waals surface area contributed by atoms with Crippen molar-refractivity contribution in [3.63, 3.8) is 0 Å². The topological polar surface area (TPSA) is 52.8 Å². The van der Waals surface area contributed by atoms with Crippen LogP contribution in [0.4, 0.5) is 0 Å². The third kappa shape index (κ3) is 2.72. The van der Waals surface area contributed by atoms with Crippen LogP contribution in [-0.2, 0) is 4.79 Å². The predicted molar refractivity (Wildman–Crippen MR) is 62.6 cm³/mol. The molecule has 2 saturated heterocycles. The Balaban J connectivity index is 1.83. The number of nitrogens with zero attached hydrogens (tertiary/aromatic N) is 3. The summed E-state index contributed by atoms with van der Waals surface area (Å²) in [7, 11) is 2.11. The molecule has 2 N–H and O–H groups in total. The van der Waals surface area contributed by atoms with E-state index in [1.165, 1.54) is 0 Å². The lowest BCUT2D eigenvalue weighted by Gasteiger charge is -2.36.